The van der Waals surface area contributed by atoms with Crippen LogP contribution in [0, 0.1) is 0 Å². The zero-order valence-corrected chi connectivity index (χ0v) is 19.7. The molecule has 1 amide bonds. The van der Waals surface area contributed by atoms with Crippen LogP contribution < -0.4 is 14.5 Å². The van der Waals surface area contributed by atoms with E-state index in [0.29, 0.717) is 17.0 Å². The molecule has 0 aromatic heterocycles. The van der Waals surface area contributed by atoms with E-state index in [2.05, 4.69) is 0 Å². The molecule has 1 N–H and O–H groups in total. The number of carbonyl (C=O) groups excluding carboxylic acids is 2. The Bertz CT molecular complexity index is 1210. The Kier molecular flexibility index (Phi) is 6.41. The van der Waals surface area contributed by atoms with Gasteiger partial charge in [-0.2, -0.15) is 0 Å². The monoisotopic (exact) mass is 456 g/mol. The Hall–Kier alpha value is -4.06. The summed E-state index contributed by atoms with van der Waals surface area (Å²) in [5.74, 6) is -0.943. The first-order chi connectivity index (χ1) is 16.3. The van der Waals surface area contributed by atoms with Crippen LogP contribution in [0.2, 0.25) is 0 Å². The predicted octanol–water partition coefficient (Wildman–Crippen LogP) is 5.17. The van der Waals surface area contributed by atoms with E-state index in [1.165, 1.54) is 4.90 Å². The van der Waals surface area contributed by atoms with Gasteiger partial charge in [0.15, 0.2) is 0 Å². The molecule has 4 rings (SSSR count). The van der Waals surface area contributed by atoms with Crippen LogP contribution >= 0.6 is 0 Å². The van der Waals surface area contributed by atoms with E-state index >= 15 is 0 Å². The van der Waals surface area contributed by atoms with E-state index in [1.54, 1.807) is 36.4 Å². The number of hydrogen-bond acceptors (Lipinski definition) is 5. The molecule has 174 valence electrons. The summed E-state index contributed by atoms with van der Waals surface area (Å²) in [6, 6.07) is 22.8. The fraction of sp³-hybridized carbons (Fsp3) is 0.214. The van der Waals surface area contributed by atoms with Crippen LogP contribution in [0.25, 0.3) is 5.76 Å². The first-order valence-corrected chi connectivity index (χ1v) is 11.2. The summed E-state index contributed by atoms with van der Waals surface area (Å²) in [5.41, 5.74) is 2.81. The van der Waals surface area contributed by atoms with Gasteiger partial charge >= 0.3 is 0 Å². The molecular formula is C28H28N2O4. The summed E-state index contributed by atoms with van der Waals surface area (Å²) in [6.07, 6.45) is 0.0146. The maximum absolute atomic E-state index is 13.2. The number of anilines is 2. The Morgan fingerprint density at radius 1 is 0.912 bits per heavy atom. The van der Waals surface area contributed by atoms with Crippen molar-refractivity contribution >= 4 is 28.8 Å². The number of nitrogens with zero attached hydrogens (tertiary/aromatic N) is 2. The lowest BCUT2D eigenvalue weighted by Gasteiger charge is -2.26. The third-order valence-electron chi connectivity index (χ3n) is 5.70. The Morgan fingerprint density at radius 3 is 2.09 bits per heavy atom. The first-order valence-electron chi connectivity index (χ1n) is 11.2. The summed E-state index contributed by atoms with van der Waals surface area (Å²) < 4.78 is 5.68. The van der Waals surface area contributed by atoms with Gasteiger partial charge in [0.25, 0.3) is 11.7 Å². The average molecular weight is 457 g/mol. The Labute approximate surface area is 199 Å². The second-order valence-electron chi connectivity index (χ2n) is 8.68. The molecule has 3 aromatic carbocycles. The van der Waals surface area contributed by atoms with Crippen LogP contribution in [0.4, 0.5) is 11.4 Å². The van der Waals surface area contributed by atoms with Crippen LogP contribution in [-0.2, 0) is 9.59 Å². The van der Waals surface area contributed by atoms with Crippen molar-refractivity contribution in [1.29, 1.82) is 0 Å². The van der Waals surface area contributed by atoms with Gasteiger partial charge < -0.3 is 14.7 Å². The number of aliphatic hydroxyl groups is 1. The van der Waals surface area contributed by atoms with Crippen LogP contribution in [0.3, 0.4) is 0 Å². The van der Waals surface area contributed by atoms with Crippen molar-refractivity contribution in [3.05, 3.63) is 95.6 Å². The van der Waals surface area contributed by atoms with Crippen LogP contribution in [-0.4, -0.2) is 37.0 Å². The van der Waals surface area contributed by atoms with Crippen molar-refractivity contribution in [1.82, 2.24) is 0 Å². The molecular weight excluding hydrogens is 428 g/mol. The van der Waals surface area contributed by atoms with E-state index in [-0.39, 0.29) is 17.4 Å². The summed E-state index contributed by atoms with van der Waals surface area (Å²) >= 11 is 0. The summed E-state index contributed by atoms with van der Waals surface area (Å²) in [5, 5.41) is 11.3. The standard InChI is InChI=1S/C28H28N2O4/c1-18(2)34-23-16-12-20(13-17-23)26(31)24-25(19-10-14-21(15-11-19)29(3)4)30(28(33)27(24)32)22-8-6-5-7-9-22/h5-18,25,31H,1-4H3/b26-24-. The van der Waals surface area contributed by atoms with Gasteiger partial charge in [-0.3, -0.25) is 14.5 Å². The van der Waals surface area contributed by atoms with Crippen molar-refractivity contribution in [2.45, 2.75) is 26.0 Å². The molecule has 6 heteroatoms. The van der Waals surface area contributed by atoms with Crippen molar-refractivity contribution in [3.63, 3.8) is 0 Å². The van der Waals surface area contributed by atoms with Gasteiger partial charge in [0, 0.05) is 31.0 Å². The van der Waals surface area contributed by atoms with Crippen molar-refractivity contribution in [3.8, 4) is 5.75 Å². The molecule has 6 nitrogen and oxygen atoms in total. The number of rotatable bonds is 6. The zero-order chi connectivity index (χ0) is 24.4. The molecule has 1 unspecified atom stereocenters. The van der Waals surface area contributed by atoms with Crippen LogP contribution in [0.15, 0.2) is 84.4 Å². The number of aliphatic hydroxyl groups excluding tert-OH is 1. The molecule has 3 aromatic rings. The van der Waals surface area contributed by atoms with Crippen LogP contribution in [0.5, 0.6) is 5.75 Å². The molecule has 1 aliphatic rings. The number of para-hydroxylation sites is 1. The lowest BCUT2D eigenvalue weighted by atomic mass is 9.95. The van der Waals surface area contributed by atoms with Crippen molar-refractivity contribution < 1.29 is 19.4 Å². The van der Waals surface area contributed by atoms with Gasteiger partial charge in [0.2, 0.25) is 0 Å². The molecule has 1 saturated heterocycles. The second-order valence-corrected chi connectivity index (χ2v) is 8.68. The van der Waals surface area contributed by atoms with Crippen LogP contribution in [0.1, 0.15) is 31.0 Å². The first kappa shape index (κ1) is 23.1. The van der Waals surface area contributed by atoms with Crippen molar-refractivity contribution in [2.75, 3.05) is 23.9 Å². The minimum atomic E-state index is -0.759. The molecule has 34 heavy (non-hydrogen) atoms. The zero-order valence-electron chi connectivity index (χ0n) is 19.7. The molecule has 0 radical (unpaired) electrons. The van der Waals surface area contributed by atoms with Gasteiger partial charge in [-0.15, -0.1) is 0 Å². The fourth-order valence-corrected chi connectivity index (χ4v) is 4.08. The van der Waals surface area contributed by atoms with E-state index in [9.17, 15) is 14.7 Å². The van der Waals surface area contributed by atoms with Gasteiger partial charge in [-0.05, 0) is 67.9 Å². The highest BCUT2D eigenvalue weighted by Gasteiger charge is 2.46. The Balaban J connectivity index is 1.85. The fourth-order valence-electron chi connectivity index (χ4n) is 4.08. The quantitative estimate of drug-likeness (QED) is 0.315. The highest BCUT2D eigenvalue weighted by atomic mass is 16.5. The number of ketones is 1. The van der Waals surface area contributed by atoms with Gasteiger partial charge in [-0.25, -0.2) is 0 Å². The molecule has 1 fully saturated rings. The summed E-state index contributed by atoms with van der Waals surface area (Å²) in [7, 11) is 3.88. The molecule has 1 atom stereocenters. The highest BCUT2D eigenvalue weighted by Crippen LogP contribution is 2.42. The summed E-state index contributed by atoms with van der Waals surface area (Å²) in [4.78, 5) is 29.8. The predicted molar refractivity (Wildman–Crippen MR) is 134 cm³/mol. The lowest BCUT2D eigenvalue weighted by molar-refractivity contribution is -0.132. The summed E-state index contributed by atoms with van der Waals surface area (Å²) in [6.45, 7) is 3.86. The lowest BCUT2D eigenvalue weighted by Crippen LogP contribution is -2.29. The number of Topliss-reactive ketones (excluding diaryl/α,β-unsaturated/α-hetero) is 1. The minimum Gasteiger partial charge on any atom is -0.507 e. The minimum absolute atomic E-state index is 0.0146. The molecule has 0 bridgehead atoms. The van der Waals surface area contributed by atoms with E-state index < -0.39 is 17.7 Å². The van der Waals surface area contributed by atoms with Gasteiger partial charge in [0.1, 0.15) is 11.5 Å². The number of amides is 1. The van der Waals surface area contributed by atoms with Gasteiger partial charge in [0.05, 0.1) is 17.7 Å². The third kappa shape index (κ3) is 4.39. The maximum atomic E-state index is 13.2. The normalized spacial score (nSPS) is 17.3. The van der Waals surface area contributed by atoms with E-state index in [4.69, 9.17) is 4.74 Å². The molecule has 1 heterocycles. The molecule has 0 spiro atoms. The molecule has 0 saturated carbocycles. The second kappa shape index (κ2) is 9.43. The third-order valence-corrected chi connectivity index (χ3v) is 5.70. The SMILES string of the molecule is CC(C)Oc1ccc(/C(O)=C2/C(=O)C(=O)N(c3ccccc3)C2c2ccc(N(C)C)cc2)cc1. The van der Waals surface area contributed by atoms with E-state index in [1.807, 2.05) is 75.3 Å². The Morgan fingerprint density at radius 2 is 1.53 bits per heavy atom. The van der Waals surface area contributed by atoms with Crippen molar-refractivity contribution in [2.24, 2.45) is 0 Å². The molecule has 0 aliphatic carbocycles. The number of hydrogen-bond donors (Lipinski definition) is 1. The maximum Gasteiger partial charge on any atom is 0.300 e. The largest absolute Gasteiger partial charge is 0.507 e. The topological polar surface area (TPSA) is 70.1 Å². The highest BCUT2D eigenvalue weighted by molar-refractivity contribution is 6.51. The smallest absolute Gasteiger partial charge is 0.300 e. The molecule has 1 aliphatic heterocycles. The van der Waals surface area contributed by atoms with Gasteiger partial charge in [-0.1, -0.05) is 30.3 Å². The average Bonchev–Trinajstić information content (AvgIpc) is 3.09. The number of carbonyl (C=O) groups is 2. The van der Waals surface area contributed by atoms with E-state index in [0.717, 1.165) is 11.3 Å². The number of benzene rings is 3. The number of ether oxygens (including phenoxy) is 1.